The van der Waals surface area contributed by atoms with Crippen molar-refractivity contribution in [2.45, 2.75) is 71.4 Å². The lowest BCUT2D eigenvalue weighted by molar-refractivity contribution is 0.138. The molecule has 0 amide bonds. The van der Waals surface area contributed by atoms with Crippen molar-refractivity contribution in [2.24, 2.45) is 5.92 Å². The molecule has 0 spiro atoms. The van der Waals surface area contributed by atoms with E-state index in [1.165, 1.54) is 63.1 Å². The van der Waals surface area contributed by atoms with Crippen LogP contribution in [0.25, 0.3) is 0 Å². The second kappa shape index (κ2) is 5.88. The van der Waals surface area contributed by atoms with Crippen LogP contribution in [0.2, 0.25) is 0 Å². The zero-order valence-corrected chi connectivity index (χ0v) is 13.3. The van der Waals surface area contributed by atoms with E-state index < -0.39 is 0 Å². The quantitative estimate of drug-likeness (QED) is 0.842. The molecule has 3 nitrogen and oxygen atoms in total. The highest BCUT2D eigenvalue weighted by atomic mass is 15.2. The van der Waals surface area contributed by atoms with Gasteiger partial charge in [0.15, 0.2) is 0 Å². The lowest BCUT2D eigenvalue weighted by atomic mass is 9.93. The smallest absolute Gasteiger partial charge is 0.109 e. The molecular weight excluding hydrogens is 246 g/mol. The van der Waals surface area contributed by atoms with Gasteiger partial charge in [0.2, 0.25) is 0 Å². The highest BCUT2D eigenvalue weighted by Gasteiger charge is 2.25. The molecule has 112 valence electrons. The molecule has 3 rings (SSSR count). The molecular formula is C17H29N3. The van der Waals surface area contributed by atoms with Gasteiger partial charge in [0.25, 0.3) is 0 Å². The van der Waals surface area contributed by atoms with Gasteiger partial charge in [-0.3, -0.25) is 0 Å². The summed E-state index contributed by atoms with van der Waals surface area (Å²) in [6, 6.07) is 1.34. The Hall–Kier alpha value is -0.830. The summed E-state index contributed by atoms with van der Waals surface area (Å²) in [6.07, 6.45) is 9.91. The Kier molecular flexibility index (Phi) is 4.16. The van der Waals surface area contributed by atoms with Crippen molar-refractivity contribution in [1.82, 2.24) is 14.5 Å². The molecule has 2 unspecified atom stereocenters. The van der Waals surface area contributed by atoms with Crippen LogP contribution in [-0.4, -0.2) is 33.6 Å². The van der Waals surface area contributed by atoms with Crippen LogP contribution in [0.5, 0.6) is 0 Å². The average Bonchev–Trinajstić information content (AvgIpc) is 2.84. The minimum absolute atomic E-state index is 0.654. The van der Waals surface area contributed by atoms with Gasteiger partial charge in [-0.15, -0.1) is 0 Å². The van der Waals surface area contributed by atoms with E-state index in [1.54, 1.807) is 0 Å². The minimum Gasteiger partial charge on any atom is -0.329 e. The van der Waals surface area contributed by atoms with Gasteiger partial charge in [-0.1, -0.05) is 0 Å². The zero-order valence-electron chi connectivity index (χ0n) is 13.3. The predicted molar refractivity (Wildman–Crippen MR) is 83.0 cm³/mol. The first-order valence-electron chi connectivity index (χ1n) is 8.44. The second-order valence-corrected chi connectivity index (χ2v) is 7.08. The fourth-order valence-corrected chi connectivity index (χ4v) is 4.01. The summed E-state index contributed by atoms with van der Waals surface area (Å²) in [4.78, 5) is 7.39. The van der Waals surface area contributed by atoms with Gasteiger partial charge >= 0.3 is 0 Å². The van der Waals surface area contributed by atoms with E-state index in [4.69, 9.17) is 4.98 Å². The van der Waals surface area contributed by atoms with Gasteiger partial charge in [-0.2, -0.15) is 0 Å². The number of hydrogen-bond donors (Lipinski definition) is 0. The van der Waals surface area contributed by atoms with Crippen molar-refractivity contribution in [2.75, 3.05) is 13.1 Å². The summed E-state index contributed by atoms with van der Waals surface area (Å²) in [7, 11) is 0. The first-order valence-corrected chi connectivity index (χ1v) is 8.44. The SMILES string of the molecule is CC(C)N1CCCC(Cc2ncc3n2C(C)CCC3)C1. The second-order valence-electron chi connectivity index (χ2n) is 7.08. The molecule has 3 heterocycles. The maximum Gasteiger partial charge on any atom is 0.109 e. The van der Waals surface area contributed by atoms with E-state index in [9.17, 15) is 0 Å². The number of imidazole rings is 1. The molecule has 2 aliphatic rings. The summed E-state index contributed by atoms with van der Waals surface area (Å²) in [6.45, 7) is 9.54. The van der Waals surface area contributed by atoms with Crippen LogP contribution in [0, 0.1) is 5.92 Å². The predicted octanol–water partition coefficient (Wildman–Crippen LogP) is 3.44. The summed E-state index contributed by atoms with van der Waals surface area (Å²) >= 11 is 0. The fourth-order valence-electron chi connectivity index (χ4n) is 4.01. The van der Waals surface area contributed by atoms with Crippen molar-refractivity contribution < 1.29 is 0 Å². The molecule has 0 N–H and O–H groups in total. The Morgan fingerprint density at radius 3 is 2.95 bits per heavy atom. The van der Waals surface area contributed by atoms with Crippen molar-refractivity contribution in [3.8, 4) is 0 Å². The Balaban J connectivity index is 1.70. The number of likely N-dealkylation sites (tertiary alicyclic amines) is 1. The minimum atomic E-state index is 0.654. The Bertz CT molecular complexity index is 449. The molecule has 1 aromatic heterocycles. The van der Waals surface area contributed by atoms with Gasteiger partial charge in [0.05, 0.1) is 0 Å². The molecule has 1 fully saturated rings. The summed E-state index contributed by atoms with van der Waals surface area (Å²) in [5, 5.41) is 0. The first-order chi connectivity index (χ1) is 9.65. The monoisotopic (exact) mass is 275 g/mol. The number of rotatable bonds is 3. The fraction of sp³-hybridized carbons (Fsp3) is 0.824. The van der Waals surface area contributed by atoms with Crippen molar-refractivity contribution in [1.29, 1.82) is 0 Å². The molecule has 20 heavy (non-hydrogen) atoms. The molecule has 0 bridgehead atoms. The van der Waals surface area contributed by atoms with Crippen LogP contribution < -0.4 is 0 Å². The molecule has 0 aliphatic carbocycles. The third-order valence-electron chi connectivity index (χ3n) is 5.20. The summed E-state index contributed by atoms with van der Waals surface area (Å²) < 4.78 is 2.54. The van der Waals surface area contributed by atoms with Gasteiger partial charge < -0.3 is 9.47 Å². The number of aryl methyl sites for hydroxylation is 1. The van der Waals surface area contributed by atoms with Gasteiger partial charge in [-0.25, -0.2) is 4.98 Å². The third-order valence-corrected chi connectivity index (χ3v) is 5.20. The van der Waals surface area contributed by atoms with Crippen molar-refractivity contribution in [3.63, 3.8) is 0 Å². The van der Waals surface area contributed by atoms with E-state index >= 15 is 0 Å². The van der Waals surface area contributed by atoms with Crippen LogP contribution in [0.15, 0.2) is 6.20 Å². The maximum atomic E-state index is 4.76. The van der Waals surface area contributed by atoms with E-state index in [1.807, 2.05) is 0 Å². The lowest BCUT2D eigenvalue weighted by Crippen LogP contribution is -2.40. The molecule has 0 radical (unpaired) electrons. The molecule has 1 saturated heterocycles. The van der Waals surface area contributed by atoms with Crippen LogP contribution >= 0.6 is 0 Å². The maximum absolute atomic E-state index is 4.76. The number of piperidine rings is 1. The Labute approximate surface area is 123 Å². The largest absolute Gasteiger partial charge is 0.329 e. The topological polar surface area (TPSA) is 21.1 Å². The highest BCUT2D eigenvalue weighted by molar-refractivity contribution is 5.11. The molecule has 2 atom stereocenters. The molecule has 0 aromatic carbocycles. The lowest BCUT2D eigenvalue weighted by Gasteiger charge is -2.35. The number of aromatic nitrogens is 2. The molecule has 3 heteroatoms. The third kappa shape index (κ3) is 2.78. The Morgan fingerprint density at radius 2 is 2.15 bits per heavy atom. The standard InChI is InChI=1S/C17H29N3/c1-13(2)19-9-5-7-15(12-19)10-17-18-11-16-8-4-6-14(3)20(16)17/h11,13-15H,4-10,12H2,1-3H3. The average molecular weight is 275 g/mol. The first kappa shape index (κ1) is 14.1. The normalized spacial score (nSPS) is 27.8. The van der Waals surface area contributed by atoms with Crippen LogP contribution in [-0.2, 0) is 12.8 Å². The molecule has 1 aromatic rings. The van der Waals surface area contributed by atoms with Gasteiger partial charge in [-0.05, 0) is 65.3 Å². The van der Waals surface area contributed by atoms with E-state index in [0.29, 0.717) is 12.1 Å². The number of nitrogens with zero attached hydrogens (tertiary/aromatic N) is 3. The zero-order chi connectivity index (χ0) is 14.1. The van der Waals surface area contributed by atoms with Crippen molar-refractivity contribution >= 4 is 0 Å². The van der Waals surface area contributed by atoms with Crippen molar-refractivity contribution in [3.05, 3.63) is 17.7 Å². The van der Waals surface area contributed by atoms with Crippen LogP contribution in [0.1, 0.15) is 64.0 Å². The van der Waals surface area contributed by atoms with Crippen LogP contribution in [0.3, 0.4) is 0 Å². The van der Waals surface area contributed by atoms with E-state index in [2.05, 4.69) is 36.4 Å². The highest BCUT2D eigenvalue weighted by Crippen LogP contribution is 2.29. The van der Waals surface area contributed by atoms with Gasteiger partial charge in [0.1, 0.15) is 5.82 Å². The number of hydrogen-bond acceptors (Lipinski definition) is 2. The van der Waals surface area contributed by atoms with E-state index in [-0.39, 0.29) is 0 Å². The van der Waals surface area contributed by atoms with Crippen LogP contribution in [0.4, 0.5) is 0 Å². The molecule has 2 aliphatic heterocycles. The Morgan fingerprint density at radius 1 is 1.30 bits per heavy atom. The van der Waals surface area contributed by atoms with Gasteiger partial charge in [0, 0.05) is 36.9 Å². The molecule has 0 saturated carbocycles. The van der Waals surface area contributed by atoms with E-state index in [0.717, 1.165) is 5.92 Å². The number of fused-ring (bicyclic) bond motifs is 1. The summed E-state index contributed by atoms with van der Waals surface area (Å²) in [5.41, 5.74) is 1.47. The summed E-state index contributed by atoms with van der Waals surface area (Å²) in [5.74, 6) is 2.15.